The van der Waals surface area contributed by atoms with Crippen LogP contribution in [-0.4, -0.2) is 18.1 Å². The molecule has 0 unspecified atom stereocenters. The molecule has 3 heteroatoms. The molecule has 0 saturated carbocycles. The van der Waals surface area contributed by atoms with Crippen molar-refractivity contribution in [1.82, 2.24) is 5.32 Å². The summed E-state index contributed by atoms with van der Waals surface area (Å²) in [5, 5.41) is 2.97. The minimum atomic E-state index is -0.472. The SMILES string of the molecule is CCC[C@@H](C)NC(=O)[C@@H](C)Oc1ccc(C)cc1C. The summed E-state index contributed by atoms with van der Waals surface area (Å²) in [7, 11) is 0. The van der Waals surface area contributed by atoms with Crippen LogP contribution in [0.3, 0.4) is 0 Å². The summed E-state index contributed by atoms with van der Waals surface area (Å²) in [4.78, 5) is 12.0. The van der Waals surface area contributed by atoms with Gasteiger partial charge in [-0.15, -0.1) is 0 Å². The summed E-state index contributed by atoms with van der Waals surface area (Å²) in [5.41, 5.74) is 2.25. The summed E-state index contributed by atoms with van der Waals surface area (Å²) >= 11 is 0. The molecule has 19 heavy (non-hydrogen) atoms. The van der Waals surface area contributed by atoms with Crippen molar-refractivity contribution in [3.05, 3.63) is 29.3 Å². The number of amides is 1. The second-order valence-corrected chi connectivity index (χ2v) is 5.23. The highest BCUT2D eigenvalue weighted by molar-refractivity contribution is 5.81. The fraction of sp³-hybridized carbons (Fsp3) is 0.562. The van der Waals surface area contributed by atoms with Crippen molar-refractivity contribution in [2.45, 2.75) is 59.6 Å². The highest BCUT2D eigenvalue weighted by Crippen LogP contribution is 2.20. The van der Waals surface area contributed by atoms with E-state index in [1.54, 1.807) is 6.92 Å². The number of carbonyl (C=O) groups excluding carboxylic acids is 1. The lowest BCUT2D eigenvalue weighted by Crippen LogP contribution is -2.41. The lowest BCUT2D eigenvalue weighted by atomic mass is 10.1. The van der Waals surface area contributed by atoms with Crippen molar-refractivity contribution in [2.75, 3.05) is 0 Å². The first-order chi connectivity index (χ1) is 8.93. The zero-order valence-corrected chi connectivity index (χ0v) is 12.6. The standard InChI is InChI=1S/C16H25NO2/c1-6-7-13(4)17-16(18)14(5)19-15-9-8-11(2)10-12(15)3/h8-10,13-14H,6-7H2,1-5H3,(H,17,18)/t13-,14-/m1/s1. The average molecular weight is 263 g/mol. The molecule has 1 N–H and O–H groups in total. The van der Waals surface area contributed by atoms with Gasteiger partial charge in [-0.3, -0.25) is 4.79 Å². The Morgan fingerprint density at radius 3 is 2.58 bits per heavy atom. The topological polar surface area (TPSA) is 38.3 Å². The van der Waals surface area contributed by atoms with Gasteiger partial charge in [0.25, 0.3) is 5.91 Å². The van der Waals surface area contributed by atoms with Crippen LogP contribution in [0.5, 0.6) is 5.75 Å². The molecular formula is C16H25NO2. The number of aryl methyl sites for hydroxylation is 2. The summed E-state index contributed by atoms with van der Waals surface area (Å²) in [6.45, 7) is 9.95. The molecule has 0 spiro atoms. The monoisotopic (exact) mass is 263 g/mol. The average Bonchev–Trinajstić information content (AvgIpc) is 2.32. The fourth-order valence-electron chi connectivity index (χ4n) is 2.04. The molecule has 0 aliphatic rings. The zero-order valence-electron chi connectivity index (χ0n) is 12.6. The summed E-state index contributed by atoms with van der Waals surface area (Å²) in [6, 6.07) is 6.17. The number of carbonyl (C=O) groups is 1. The Labute approximate surface area is 116 Å². The smallest absolute Gasteiger partial charge is 0.260 e. The normalized spacial score (nSPS) is 13.7. The van der Waals surface area contributed by atoms with Gasteiger partial charge < -0.3 is 10.1 Å². The van der Waals surface area contributed by atoms with Crippen LogP contribution in [-0.2, 0) is 4.79 Å². The maximum atomic E-state index is 12.0. The van der Waals surface area contributed by atoms with Gasteiger partial charge in [-0.1, -0.05) is 31.0 Å². The second-order valence-electron chi connectivity index (χ2n) is 5.23. The number of hydrogen-bond donors (Lipinski definition) is 1. The number of rotatable bonds is 6. The van der Waals surface area contributed by atoms with Crippen LogP contribution < -0.4 is 10.1 Å². The minimum Gasteiger partial charge on any atom is -0.481 e. The number of ether oxygens (including phenoxy) is 1. The zero-order chi connectivity index (χ0) is 14.4. The molecule has 0 bridgehead atoms. The van der Waals surface area contributed by atoms with Gasteiger partial charge >= 0.3 is 0 Å². The largest absolute Gasteiger partial charge is 0.481 e. The molecule has 106 valence electrons. The van der Waals surface area contributed by atoms with Gasteiger partial charge in [0.2, 0.25) is 0 Å². The molecule has 1 amide bonds. The highest BCUT2D eigenvalue weighted by Gasteiger charge is 2.17. The van der Waals surface area contributed by atoms with Crippen molar-refractivity contribution >= 4 is 5.91 Å². The Bertz CT molecular complexity index is 429. The summed E-state index contributed by atoms with van der Waals surface area (Å²) in [6.07, 6.45) is 1.58. The molecule has 0 aliphatic carbocycles. The van der Waals surface area contributed by atoms with E-state index in [4.69, 9.17) is 4.74 Å². The van der Waals surface area contributed by atoms with Crippen molar-refractivity contribution < 1.29 is 9.53 Å². The maximum Gasteiger partial charge on any atom is 0.260 e. The van der Waals surface area contributed by atoms with Crippen LogP contribution in [0, 0.1) is 13.8 Å². The lowest BCUT2D eigenvalue weighted by molar-refractivity contribution is -0.127. The first-order valence-electron chi connectivity index (χ1n) is 6.98. The van der Waals surface area contributed by atoms with Crippen molar-refractivity contribution in [2.24, 2.45) is 0 Å². The van der Waals surface area contributed by atoms with Gasteiger partial charge in [0.1, 0.15) is 5.75 Å². The van der Waals surface area contributed by atoms with Crippen LogP contribution in [0.1, 0.15) is 44.7 Å². The molecule has 0 heterocycles. The Hall–Kier alpha value is -1.51. The summed E-state index contributed by atoms with van der Waals surface area (Å²) < 4.78 is 5.73. The van der Waals surface area contributed by atoms with Crippen molar-refractivity contribution in [1.29, 1.82) is 0 Å². The van der Waals surface area contributed by atoms with E-state index < -0.39 is 6.10 Å². The minimum absolute atomic E-state index is 0.0547. The molecule has 0 aromatic heterocycles. The molecule has 0 aliphatic heterocycles. The van der Waals surface area contributed by atoms with Gasteiger partial charge in [-0.2, -0.15) is 0 Å². The number of benzene rings is 1. The Kier molecular flexibility index (Phi) is 5.87. The molecule has 1 aromatic carbocycles. The lowest BCUT2D eigenvalue weighted by Gasteiger charge is -2.19. The third-order valence-electron chi connectivity index (χ3n) is 3.11. The number of hydrogen-bond acceptors (Lipinski definition) is 2. The molecule has 1 aromatic rings. The van der Waals surface area contributed by atoms with E-state index >= 15 is 0 Å². The predicted octanol–water partition coefficient (Wildman–Crippen LogP) is 3.38. The predicted molar refractivity (Wildman–Crippen MR) is 78.5 cm³/mol. The van der Waals surface area contributed by atoms with E-state index in [0.717, 1.165) is 24.2 Å². The van der Waals surface area contributed by atoms with E-state index in [9.17, 15) is 4.79 Å². The van der Waals surface area contributed by atoms with Crippen LogP contribution in [0.4, 0.5) is 0 Å². The van der Waals surface area contributed by atoms with Gasteiger partial charge in [-0.25, -0.2) is 0 Å². The summed E-state index contributed by atoms with van der Waals surface area (Å²) in [5.74, 6) is 0.720. The first kappa shape index (κ1) is 15.5. The van der Waals surface area contributed by atoms with E-state index in [1.165, 1.54) is 5.56 Å². The maximum absolute atomic E-state index is 12.0. The molecule has 3 nitrogen and oxygen atoms in total. The molecule has 0 saturated heterocycles. The highest BCUT2D eigenvalue weighted by atomic mass is 16.5. The Morgan fingerprint density at radius 1 is 1.32 bits per heavy atom. The van der Waals surface area contributed by atoms with Crippen LogP contribution in [0.15, 0.2) is 18.2 Å². The third kappa shape index (κ3) is 4.93. The van der Waals surface area contributed by atoms with E-state index in [2.05, 4.69) is 18.3 Å². The Balaban J connectivity index is 2.58. The van der Waals surface area contributed by atoms with E-state index in [0.29, 0.717) is 0 Å². The molecular weight excluding hydrogens is 238 g/mol. The van der Waals surface area contributed by atoms with Gasteiger partial charge in [0, 0.05) is 6.04 Å². The van der Waals surface area contributed by atoms with Crippen molar-refractivity contribution in [3.8, 4) is 5.75 Å². The van der Waals surface area contributed by atoms with Crippen LogP contribution >= 0.6 is 0 Å². The first-order valence-corrected chi connectivity index (χ1v) is 6.98. The Morgan fingerprint density at radius 2 is 2.00 bits per heavy atom. The van der Waals surface area contributed by atoms with Crippen LogP contribution in [0.25, 0.3) is 0 Å². The van der Waals surface area contributed by atoms with Gasteiger partial charge in [0.05, 0.1) is 0 Å². The van der Waals surface area contributed by atoms with Crippen molar-refractivity contribution in [3.63, 3.8) is 0 Å². The third-order valence-corrected chi connectivity index (χ3v) is 3.11. The molecule has 0 radical (unpaired) electrons. The van der Waals surface area contributed by atoms with E-state index in [1.807, 2.05) is 32.9 Å². The molecule has 1 rings (SSSR count). The fourth-order valence-corrected chi connectivity index (χ4v) is 2.04. The van der Waals surface area contributed by atoms with Gasteiger partial charge in [0.15, 0.2) is 6.10 Å². The molecule has 2 atom stereocenters. The number of nitrogens with one attached hydrogen (secondary N) is 1. The van der Waals surface area contributed by atoms with Gasteiger partial charge in [-0.05, 0) is 45.7 Å². The van der Waals surface area contributed by atoms with E-state index in [-0.39, 0.29) is 11.9 Å². The molecule has 0 fully saturated rings. The van der Waals surface area contributed by atoms with Crippen LogP contribution in [0.2, 0.25) is 0 Å². The second kappa shape index (κ2) is 7.17. The quantitative estimate of drug-likeness (QED) is 0.854.